The first-order chi connectivity index (χ1) is 54.3. The number of aliphatic hydroxyl groups excluding tert-OH is 1. The number of amides is 13. The summed E-state index contributed by atoms with van der Waals surface area (Å²) in [6.45, 7) is 6.00. The van der Waals surface area contributed by atoms with Gasteiger partial charge in [-0.25, -0.2) is 4.79 Å². The highest BCUT2D eigenvalue weighted by Gasteiger charge is 2.42. The standard InChI is InChI=1S/C77H104N20O17/c1-41(2)28-30-56(88-62(99)38-85-77(113)114-40-50-48-20-9-7-18-46(48)47-19-8-10-21-49(47)50)70(108)90-53-24-13-12-23-52(64(78)102)89-67(105)54(25-14-32-83-75(79)80)91-71(109)58(36-45-35-44-17-6-11-22-51(44)87-45)94-65(103)43(5)86-66(104)57(31-29-42(3)4)92-68(106)55(26-15-33-84-76(81)82)93-73(111)61-27-16-34-97(61)74(112)59(37-63(100)101)95-72(110)60(39-98)96-69(53)107/h6-13,17-22,28-29,35,43,50,52-61,87,98H,14-16,23-27,30-34,36-40H2,1-5H3,(H2,78,102)(H,85,113)(H,86,104)(H,88,99)(H,89,105)(H,90,108)(H,91,109)(H,92,106)(H,93,111)(H,94,103)(H,95,110)(H,96,107)(H,100,101)(H4,79,80,83)(H4,81,82,84)/b13-12+/t43-,52-,53-,54-,55-,56-,57-,58-,59-,60-,61?/m0/s1. The molecule has 11 atom stereocenters. The number of H-pyrrole nitrogens is 1. The first kappa shape index (κ1) is 88.5. The van der Waals surface area contributed by atoms with E-state index >= 15 is 0 Å². The summed E-state index contributed by atoms with van der Waals surface area (Å²) in [5, 5.41) is 70.1. The van der Waals surface area contributed by atoms with Crippen molar-refractivity contribution in [2.24, 2.45) is 17.2 Å². The Morgan fingerprint density at radius 2 is 1.18 bits per heavy atom. The second-order valence-corrected chi connectivity index (χ2v) is 28.4. The molecule has 7 rings (SSSR count). The fourth-order valence-corrected chi connectivity index (χ4v) is 13.1. The molecule has 4 aromatic rings. The van der Waals surface area contributed by atoms with Gasteiger partial charge in [0.2, 0.25) is 70.9 Å². The van der Waals surface area contributed by atoms with Crippen molar-refractivity contribution in [2.45, 2.75) is 184 Å². The lowest BCUT2D eigenvalue weighted by Gasteiger charge is -2.30. The molecule has 0 spiro atoms. The largest absolute Gasteiger partial charge is 0.481 e. The molecule has 2 aliphatic heterocycles. The lowest BCUT2D eigenvalue weighted by molar-refractivity contribution is -0.146. The fourth-order valence-electron chi connectivity index (χ4n) is 13.1. The summed E-state index contributed by atoms with van der Waals surface area (Å²) in [5.74, 6) is -15.0. The number of carboxylic acid groups (broad SMARTS) is 1. The molecule has 0 radical (unpaired) electrons. The van der Waals surface area contributed by atoms with Crippen LogP contribution >= 0.6 is 0 Å². The predicted octanol–water partition coefficient (Wildman–Crippen LogP) is -1.35. The highest BCUT2D eigenvalue weighted by atomic mass is 16.5. The van der Waals surface area contributed by atoms with Crippen LogP contribution in [0, 0.1) is 10.8 Å². The first-order valence-electron chi connectivity index (χ1n) is 37.5. The summed E-state index contributed by atoms with van der Waals surface area (Å²) in [6, 6.07) is 6.43. The number of carbonyl (C=O) groups is 14. The van der Waals surface area contributed by atoms with Crippen LogP contribution in [0.2, 0.25) is 0 Å². The van der Waals surface area contributed by atoms with Gasteiger partial charge in [-0.15, -0.1) is 0 Å². The first-order valence-corrected chi connectivity index (χ1v) is 37.5. The number of ether oxygens (including phenoxy) is 1. The Bertz CT molecular complexity index is 4220. The molecule has 1 saturated heterocycles. The summed E-state index contributed by atoms with van der Waals surface area (Å²) in [7, 11) is 0. The van der Waals surface area contributed by atoms with Gasteiger partial charge in [0.15, 0.2) is 11.9 Å². The number of hydrogen-bond acceptors (Lipinski definition) is 18. The van der Waals surface area contributed by atoms with Crippen LogP contribution < -0.4 is 86.3 Å². The van der Waals surface area contributed by atoms with E-state index in [0.29, 0.717) is 22.4 Å². The van der Waals surface area contributed by atoms with Gasteiger partial charge >= 0.3 is 12.1 Å². The van der Waals surface area contributed by atoms with E-state index < -0.39 is 194 Å². The number of primary amides is 1. The number of guanidine groups is 2. The molecule has 0 saturated carbocycles. The molecule has 614 valence electrons. The van der Waals surface area contributed by atoms with Crippen LogP contribution in [-0.2, 0) is 73.5 Å². The van der Waals surface area contributed by atoms with Crippen molar-refractivity contribution < 1.29 is 82.1 Å². The predicted molar refractivity (Wildman–Crippen MR) is 418 cm³/mol. The second-order valence-electron chi connectivity index (χ2n) is 28.4. The van der Waals surface area contributed by atoms with Crippen molar-refractivity contribution in [2.75, 3.05) is 39.4 Å². The van der Waals surface area contributed by atoms with E-state index in [2.05, 4.69) is 74.1 Å². The van der Waals surface area contributed by atoms with Gasteiger partial charge < -0.3 is 111 Å². The van der Waals surface area contributed by atoms with Crippen LogP contribution in [0.15, 0.2) is 114 Å². The minimum absolute atomic E-state index is 0.00836. The number of alkyl carbamates (subject to hydrolysis) is 1. The number of aromatic nitrogens is 1. The number of aliphatic carboxylic acids is 1. The molecular formula is C77H104N20O17. The Kier molecular flexibility index (Phi) is 33.5. The van der Waals surface area contributed by atoms with Crippen molar-refractivity contribution in [3.63, 3.8) is 0 Å². The molecule has 3 aromatic carbocycles. The summed E-state index contributed by atoms with van der Waals surface area (Å²) < 4.78 is 5.60. The van der Waals surface area contributed by atoms with Crippen LogP contribution in [0.1, 0.15) is 128 Å². The Balaban J connectivity index is 1.22. The number of nitrogens with one attached hydrogen (secondary N) is 16. The van der Waals surface area contributed by atoms with Crippen molar-refractivity contribution in [1.29, 1.82) is 10.8 Å². The fraction of sp³-hybridized carbons (Fsp3) is 0.455. The molecule has 1 unspecified atom stereocenters. The lowest BCUT2D eigenvalue weighted by Crippen LogP contribution is -2.61. The molecular weight excluding hydrogens is 1480 g/mol. The smallest absolute Gasteiger partial charge is 0.407 e. The quantitative estimate of drug-likeness (QED) is 0.0158. The Hall–Kier alpha value is -12.7. The number of carboxylic acids is 1. The van der Waals surface area contributed by atoms with Crippen molar-refractivity contribution >= 4 is 106 Å². The van der Waals surface area contributed by atoms with Gasteiger partial charge in [-0.05, 0) is 139 Å². The zero-order chi connectivity index (χ0) is 83.3. The van der Waals surface area contributed by atoms with E-state index in [1.165, 1.54) is 19.1 Å². The van der Waals surface area contributed by atoms with Crippen molar-refractivity contribution in [1.82, 2.24) is 79.0 Å². The maximum absolute atomic E-state index is 14.9. The zero-order valence-electron chi connectivity index (χ0n) is 64.2. The van der Waals surface area contributed by atoms with Gasteiger partial charge in [0.25, 0.3) is 0 Å². The van der Waals surface area contributed by atoms with E-state index in [1.807, 2.05) is 48.5 Å². The van der Waals surface area contributed by atoms with Gasteiger partial charge in [0, 0.05) is 43.2 Å². The third-order valence-corrected chi connectivity index (χ3v) is 19.0. The Morgan fingerprint density at radius 1 is 0.632 bits per heavy atom. The molecule has 1 aromatic heterocycles. The molecule has 0 bridgehead atoms. The third kappa shape index (κ3) is 26.8. The van der Waals surface area contributed by atoms with Crippen molar-refractivity contribution in [3.05, 3.63) is 131 Å². The SMILES string of the molecule is CC(C)=CC[C@H](NC(=O)CNC(=O)OCC1c2ccccc2-c2ccccc21)C(=O)N[C@H]1C/C=C/C[C@@H](C(N)=O)NC(=O)[C@H](CCCNC(=N)N)NC(=O)[C@H](Cc2cc3ccccc3[nH]2)NC(=O)[C@H](C)NC(=O)[C@H](CC=C(C)C)NC(=O)[C@H](CCCNC(=N)N)NC(=O)C2CCCN2C(=O)[C@H](CC(=O)O)NC(=O)[C@H](CO)NC1=O. The number of nitrogens with zero attached hydrogens (tertiary/aromatic N) is 1. The third-order valence-electron chi connectivity index (χ3n) is 19.0. The highest BCUT2D eigenvalue weighted by molar-refractivity contribution is 6.01. The number of para-hydroxylation sites is 1. The van der Waals surface area contributed by atoms with Crippen LogP contribution in [-0.4, -0.2) is 221 Å². The van der Waals surface area contributed by atoms with Gasteiger partial charge in [0.05, 0.1) is 13.0 Å². The van der Waals surface area contributed by atoms with Crippen LogP contribution in [0.5, 0.6) is 0 Å². The van der Waals surface area contributed by atoms with E-state index in [9.17, 15) is 77.3 Å². The molecule has 24 N–H and O–H groups in total. The Morgan fingerprint density at radius 3 is 1.78 bits per heavy atom. The molecule has 3 aliphatic rings. The normalized spacial score (nSPS) is 22.3. The van der Waals surface area contributed by atoms with E-state index in [0.717, 1.165) is 32.5 Å². The van der Waals surface area contributed by atoms with E-state index in [-0.39, 0.29) is 89.9 Å². The zero-order valence-corrected chi connectivity index (χ0v) is 64.2. The molecule has 1 fully saturated rings. The number of aromatic amines is 1. The number of benzene rings is 3. The summed E-state index contributed by atoms with van der Waals surface area (Å²) in [6.07, 6.45) is 1.97. The molecule has 37 heteroatoms. The number of carbonyl (C=O) groups excluding carboxylic acids is 13. The van der Waals surface area contributed by atoms with Gasteiger partial charge in [-0.3, -0.25) is 73.1 Å². The summed E-state index contributed by atoms with van der Waals surface area (Å²) in [4.78, 5) is 203. The maximum Gasteiger partial charge on any atom is 0.407 e. The number of aliphatic hydroxyl groups is 1. The average molecular weight is 1580 g/mol. The topological polar surface area (TPSA) is 590 Å². The molecule has 37 nitrogen and oxygen atoms in total. The second kappa shape index (κ2) is 43.2. The maximum atomic E-state index is 14.9. The molecule has 1 aliphatic carbocycles. The number of nitrogens with two attached hydrogens (primary N) is 3. The number of fused-ring (bicyclic) bond motifs is 5. The monoisotopic (exact) mass is 1580 g/mol. The lowest BCUT2D eigenvalue weighted by atomic mass is 9.98. The van der Waals surface area contributed by atoms with Crippen molar-refractivity contribution in [3.8, 4) is 11.1 Å². The number of rotatable bonds is 25. The van der Waals surface area contributed by atoms with Crippen LogP contribution in [0.3, 0.4) is 0 Å². The van der Waals surface area contributed by atoms with Crippen LogP contribution in [0.4, 0.5) is 4.79 Å². The number of hydrogen-bond donors (Lipinski definition) is 21. The van der Waals surface area contributed by atoms with Crippen LogP contribution in [0.25, 0.3) is 22.0 Å². The average Bonchev–Trinajstić information content (AvgIpc) is 1.61. The highest BCUT2D eigenvalue weighted by Crippen LogP contribution is 2.44. The van der Waals surface area contributed by atoms with Gasteiger partial charge in [0.1, 0.15) is 79.6 Å². The number of allylic oxidation sites excluding steroid dienone is 2. The summed E-state index contributed by atoms with van der Waals surface area (Å²) >= 11 is 0. The minimum Gasteiger partial charge on any atom is -0.481 e. The van der Waals surface area contributed by atoms with Gasteiger partial charge in [-0.2, -0.15) is 0 Å². The molecule has 13 amide bonds. The van der Waals surface area contributed by atoms with E-state index in [4.69, 9.17) is 32.8 Å². The Labute approximate surface area is 657 Å². The van der Waals surface area contributed by atoms with E-state index in [1.54, 1.807) is 70.2 Å². The van der Waals surface area contributed by atoms with Gasteiger partial charge in [-0.1, -0.05) is 102 Å². The molecule has 114 heavy (non-hydrogen) atoms. The molecule has 3 heterocycles. The minimum atomic E-state index is -2.02. The summed E-state index contributed by atoms with van der Waals surface area (Å²) in [5.41, 5.74) is 23.3.